The van der Waals surface area contributed by atoms with E-state index in [2.05, 4.69) is 35.1 Å². The molecule has 1 rings (SSSR count). The molecule has 1 aromatic carbocycles. The maximum absolute atomic E-state index is 10.9. The fourth-order valence-corrected chi connectivity index (χ4v) is 2.32. The Balaban J connectivity index is 2.65. The van der Waals surface area contributed by atoms with Gasteiger partial charge in [-0.1, -0.05) is 35.8 Å². The first-order valence-corrected chi connectivity index (χ1v) is 7.57. The second-order valence-corrected chi connectivity index (χ2v) is 5.86. The Kier molecular flexibility index (Phi) is 7.19. The summed E-state index contributed by atoms with van der Waals surface area (Å²) in [7, 11) is 0. The molecule has 0 aromatic heterocycles. The molecular weight excluding hydrogens is 322 g/mol. The van der Waals surface area contributed by atoms with Gasteiger partial charge in [-0.2, -0.15) is 0 Å². The number of aromatic carboxylic acids is 1. The number of hydrogen-bond acceptors (Lipinski definition) is 3. The van der Waals surface area contributed by atoms with Crippen LogP contribution in [0.3, 0.4) is 0 Å². The van der Waals surface area contributed by atoms with Gasteiger partial charge in [0.05, 0.1) is 12.2 Å². The van der Waals surface area contributed by atoms with Crippen LogP contribution in [0, 0.1) is 5.92 Å². The van der Waals surface area contributed by atoms with Crippen LogP contribution in [-0.4, -0.2) is 30.3 Å². The van der Waals surface area contributed by atoms with Crippen LogP contribution in [0.5, 0.6) is 0 Å². The van der Waals surface area contributed by atoms with E-state index in [1.165, 1.54) is 0 Å². The molecule has 0 aliphatic heterocycles. The molecule has 2 N–H and O–H groups in total. The number of ether oxygens (including phenoxy) is 1. The van der Waals surface area contributed by atoms with Crippen molar-refractivity contribution in [2.45, 2.75) is 33.4 Å². The summed E-state index contributed by atoms with van der Waals surface area (Å²) in [4.78, 5) is 10.9. The summed E-state index contributed by atoms with van der Waals surface area (Å²) in [5.74, 6) is -0.444. The SMILES string of the molecule is CCOCC(NCc1ccc(C(=O)O)cc1Br)C(C)C. The van der Waals surface area contributed by atoms with E-state index >= 15 is 0 Å². The molecule has 0 amide bonds. The van der Waals surface area contributed by atoms with Gasteiger partial charge in [0, 0.05) is 23.7 Å². The van der Waals surface area contributed by atoms with Gasteiger partial charge in [-0.15, -0.1) is 0 Å². The van der Waals surface area contributed by atoms with Crippen LogP contribution in [0.1, 0.15) is 36.7 Å². The molecule has 1 aromatic rings. The molecule has 0 spiro atoms. The molecule has 0 saturated heterocycles. The van der Waals surface area contributed by atoms with Crippen LogP contribution < -0.4 is 5.32 Å². The minimum Gasteiger partial charge on any atom is -0.478 e. The Hall–Kier alpha value is -0.910. The first kappa shape index (κ1) is 17.1. The third kappa shape index (κ3) is 5.23. The molecule has 0 aliphatic carbocycles. The van der Waals surface area contributed by atoms with E-state index in [1.807, 2.05) is 13.0 Å². The molecular formula is C15H22BrNO3. The van der Waals surface area contributed by atoms with E-state index in [9.17, 15) is 4.79 Å². The second-order valence-electron chi connectivity index (χ2n) is 5.00. The van der Waals surface area contributed by atoms with E-state index in [1.54, 1.807) is 12.1 Å². The third-order valence-corrected chi connectivity index (χ3v) is 3.90. The predicted molar refractivity (Wildman–Crippen MR) is 83.1 cm³/mol. The summed E-state index contributed by atoms with van der Waals surface area (Å²) in [6, 6.07) is 5.36. The van der Waals surface area contributed by atoms with Crippen molar-refractivity contribution in [3.8, 4) is 0 Å². The first-order chi connectivity index (χ1) is 9.45. The van der Waals surface area contributed by atoms with Crippen molar-refractivity contribution in [1.82, 2.24) is 5.32 Å². The van der Waals surface area contributed by atoms with Crippen LogP contribution in [0.2, 0.25) is 0 Å². The Morgan fingerprint density at radius 3 is 2.65 bits per heavy atom. The van der Waals surface area contributed by atoms with Gasteiger partial charge in [-0.3, -0.25) is 0 Å². The summed E-state index contributed by atoms with van der Waals surface area (Å²) < 4.78 is 6.28. The highest BCUT2D eigenvalue weighted by atomic mass is 79.9. The minimum absolute atomic E-state index is 0.279. The Labute approximate surface area is 128 Å². The van der Waals surface area contributed by atoms with Crippen molar-refractivity contribution in [3.05, 3.63) is 33.8 Å². The number of carboxylic acid groups (broad SMARTS) is 1. The standard InChI is InChI=1S/C15H22BrNO3/c1-4-20-9-14(10(2)3)17-8-12-6-5-11(15(18)19)7-13(12)16/h5-7,10,14,17H,4,8-9H2,1-3H3,(H,18,19). The largest absolute Gasteiger partial charge is 0.478 e. The van der Waals surface area contributed by atoms with Crippen LogP contribution in [0.25, 0.3) is 0 Å². The van der Waals surface area contributed by atoms with E-state index in [0.717, 1.165) is 10.0 Å². The van der Waals surface area contributed by atoms with Crippen molar-refractivity contribution in [3.63, 3.8) is 0 Å². The van der Waals surface area contributed by atoms with Gasteiger partial charge in [0.2, 0.25) is 0 Å². The molecule has 20 heavy (non-hydrogen) atoms. The van der Waals surface area contributed by atoms with Gasteiger partial charge in [0.25, 0.3) is 0 Å². The number of benzene rings is 1. The van der Waals surface area contributed by atoms with Crippen molar-refractivity contribution >= 4 is 21.9 Å². The highest BCUT2D eigenvalue weighted by Gasteiger charge is 2.14. The summed E-state index contributed by atoms with van der Waals surface area (Å²) in [5, 5.41) is 12.4. The molecule has 5 heteroatoms. The van der Waals surface area contributed by atoms with Gasteiger partial charge in [-0.25, -0.2) is 4.79 Å². The maximum atomic E-state index is 10.9. The lowest BCUT2D eigenvalue weighted by Gasteiger charge is -2.22. The zero-order chi connectivity index (χ0) is 15.1. The molecule has 0 bridgehead atoms. The molecule has 0 fully saturated rings. The fourth-order valence-electron chi connectivity index (χ4n) is 1.80. The number of nitrogens with one attached hydrogen (secondary N) is 1. The monoisotopic (exact) mass is 343 g/mol. The average molecular weight is 344 g/mol. The smallest absolute Gasteiger partial charge is 0.335 e. The Morgan fingerprint density at radius 1 is 1.45 bits per heavy atom. The average Bonchev–Trinajstić information content (AvgIpc) is 2.39. The van der Waals surface area contributed by atoms with Gasteiger partial charge >= 0.3 is 5.97 Å². The minimum atomic E-state index is -0.915. The van der Waals surface area contributed by atoms with Crippen LogP contribution in [-0.2, 0) is 11.3 Å². The van der Waals surface area contributed by atoms with E-state index < -0.39 is 5.97 Å². The van der Waals surface area contributed by atoms with Crippen molar-refractivity contribution in [1.29, 1.82) is 0 Å². The van der Waals surface area contributed by atoms with Gasteiger partial charge in [0.1, 0.15) is 0 Å². The molecule has 0 saturated carbocycles. The maximum Gasteiger partial charge on any atom is 0.335 e. The molecule has 1 unspecified atom stereocenters. The lowest BCUT2D eigenvalue weighted by atomic mass is 10.0. The topological polar surface area (TPSA) is 58.6 Å². The lowest BCUT2D eigenvalue weighted by molar-refractivity contribution is 0.0697. The normalized spacial score (nSPS) is 12.7. The van der Waals surface area contributed by atoms with E-state index in [0.29, 0.717) is 25.7 Å². The van der Waals surface area contributed by atoms with Crippen LogP contribution in [0.4, 0.5) is 0 Å². The van der Waals surface area contributed by atoms with Gasteiger partial charge in [-0.05, 0) is 30.5 Å². The number of carbonyl (C=O) groups is 1. The first-order valence-electron chi connectivity index (χ1n) is 6.78. The highest BCUT2D eigenvalue weighted by Crippen LogP contribution is 2.19. The van der Waals surface area contributed by atoms with E-state index in [-0.39, 0.29) is 11.6 Å². The number of rotatable bonds is 8. The number of carboxylic acids is 1. The van der Waals surface area contributed by atoms with Crippen LogP contribution >= 0.6 is 15.9 Å². The van der Waals surface area contributed by atoms with Crippen molar-refractivity contribution in [2.75, 3.05) is 13.2 Å². The summed E-state index contributed by atoms with van der Waals surface area (Å²) in [6.07, 6.45) is 0. The second kappa shape index (κ2) is 8.39. The summed E-state index contributed by atoms with van der Waals surface area (Å²) in [5.41, 5.74) is 1.33. The fraction of sp³-hybridized carbons (Fsp3) is 0.533. The van der Waals surface area contributed by atoms with Gasteiger partial charge < -0.3 is 15.2 Å². The molecule has 1 atom stereocenters. The third-order valence-electron chi connectivity index (χ3n) is 3.16. The molecule has 0 aliphatic rings. The summed E-state index contributed by atoms with van der Waals surface area (Å²) >= 11 is 3.42. The number of halogens is 1. The molecule has 112 valence electrons. The lowest BCUT2D eigenvalue weighted by Crippen LogP contribution is -2.37. The van der Waals surface area contributed by atoms with Crippen molar-refractivity contribution in [2.24, 2.45) is 5.92 Å². The van der Waals surface area contributed by atoms with E-state index in [4.69, 9.17) is 9.84 Å². The zero-order valence-corrected chi connectivity index (χ0v) is 13.7. The highest BCUT2D eigenvalue weighted by molar-refractivity contribution is 9.10. The van der Waals surface area contributed by atoms with Crippen molar-refractivity contribution < 1.29 is 14.6 Å². The molecule has 4 nitrogen and oxygen atoms in total. The molecule has 0 heterocycles. The van der Waals surface area contributed by atoms with Gasteiger partial charge in [0.15, 0.2) is 0 Å². The predicted octanol–water partition coefficient (Wildman–Crippen LogP) is 3.30. The summed E-state index contributed by atoms with van der Waals surface area (Å²) in [6.45, 7) is 8.36. The number of hydrogen-bond donors (Lipinski definition) is 2. The Morgan fingerprint density at radius 2 is 2.15 bits per heavy atom. The van der Waals surface area contributed by atoms with Crippen LogP contribution in [0.15, 0.2) is 22.7 Å². The molecule has 0 radical (unpaired) electrons. The quantitative estimate of drug-likeness (QED) is 0.760. The Bertz CT molecular complexity index is 449. The zero-order valence-electron chi connectivity index (χ0n) is 12.1.